The van der Waals surface area contributed by atoms with Crippen molar-refractivity contribution in [1.82, 2.24) is 14.4 Å². The Morgan fingerprint density at radius 3 is 2.80 bits per heavy atom. The molecule has 0 aliphatic heterocycles. The summed E-state index contributed by atoms with van der Waals surface area (Å²) in [6.45, 7) is 5.80. The number of hydrogen-bond acceptors (Lipinski definition) is 5. The molecule has 0 saturated carbocycles. The fraction of sp³-hybridized carbons (Fsp3) is 0.571. The van der Waals surface area contributed by atoms with E-state index in [0.717, 1.165) is 30.9 Å². The SMILES string of the molecule is CCC(CC)N(CCOC)c1nc(N)cn2ccnc12. The first-order valence-corrected chi connectivity index (χ1v) is 7.06. The quantitative estimate of drug-likeness (QED) is 0.837. The van der Waals surface area contributed by atoms with Gasteiger partial charge in [-0.15, -0.1) is 0 Å². The van der Waals surface area contributed by atoms with Crippen LogP contribution in [0, 0.1) is 0 Å². The van der Waals surface area contributed by atoms with E-state index in [1.54, 1.807) is 19.5 Å². The third kappa shape index (κ3) is 2.85. The molecule has 2 rings (SSSR count). The fourth-order valence-electron chi connectivity index (χ4n) is 2.51. The molecule has 110 valence electrons. The van der Waals surface area contributed by atoms with Gasteiger partial charge in [0, 0.05) is 32.1 Å². The van der Waals surface area contributed by atoms with Crippen molar-refractivity contribution in [2.45, 2.75) is 32.7 Å². The number of aromatic nitrogens is 3. The summed E-state index contributed by atoms with van der Waals surface area (Å²) in [5.74, 6) is 1.33. The third-order valence-corrected chi connectivity index (χ3v) is 3.57. The van der Waals surface area contributed by atoms with Gasteiger partial charge in [-0.3, -0.25) is 0 Å². The summed E-state index contributed by atoms with van der Waals surface area (Å²) in [6.07, 6.45) is 7.53. The van der Waals surface area contributed by atoms with Crippen molar-refractivity contribution in [3.05, 3.63) is 18.6 Å². The first-order valence-electron chi connectivity index (χ1n) is 7.06. The number of rotatable bonds is 7. The fourth-order valence-corrected chi connectivity index (χ4v) is 2.51. The normalized spacial score (nSPS) is 11.4. The third-order valence-electron chi connectivity index (χ3n) is 3.57. The maximum Gasteiger partial charge on any atom is 0.180 e. The molecule has 0 radical (unpaired) electrons. The second-order valence-electron chi connectivity index (χ2n) is 4.80. The summed E-state index contributed by atoms with van der Waals surface area (Å²) >= 11 is 0. The molecule has 2 aromatic rings. The summed E-state index contributed by atoms with van der Waals surface area (Å²) < 4.78 is 7.15. The molecule has 0 aliphatic carbocycles. The molecule has 0 aromatic carbocycles. The molecule has 0 fully saturated rings. The van der Waals surface area contributed by atoms with Gasteiger partial charge in [0.15, 0.2) is 11.5 Å². The van der Waals surface area contributed by atoms with Crippen LogP contribution in [0.2, 0.25) is 0 Å². The Morgan fingerprint density at radius 2 is 2.15 bits per heavy atom. The summed E-state index contributed by atoms with van der Waals surface area (Å²) in [5.41, 5.74) is 6.75. The van der Waals surface area contributed by atoms with E-state index in [1.807, 2.05) is 10.6 Å². The standard InChI is InChI=1S/C14H23N5O/c1-4-11(5-2)19(8-9-20-3)14-13-16-6-7-18(13)10-12(15)17-14/h6-7,10-11H,4-5,8-9,15H2,1-3H3. The maximum atomic E-state index is 5.92. The van der Waals surface area contributed by atoms with Crippen molar-refractivity contribution in [2.24, 2.45) is 0 Å². The summed E-state index contributed by atoms with van der Waals surface area (Å²) in [6, 6.07) is 0.403. The van der Waals surface area contributed by atoms with E-state index in [4.69, 9.17) is 10.5 Å². The highest BCUT2D eigenvalue weighted by Crippen LogP contribution is 2.23. The van der Waals surface area contributed by atoms with Crippen LogP contribution in [-0.2, 0) is 4.74 Å². The van der Waals surface area contributed by atoms with Crippen LogP contribution in [0.3, 0.4) is 0 Å². The van der Waals surface area contributed by atoms with Gasteiger partial charge < -0.3 is 19.8 Å². The lowest BCUT2D eigenvalue weighted by atomic mass is 10.1. The van der Waals surface area contributed by atoms with Gasteiger partial charge in [-0.25, -0.2) is 9.97 Å². The average molecular weight is 277 g/mol. The highest BCUT2D eigenvalue weighted by atomic mass is 16.5. The zero-order valence-corrected chi connectivity index (χ0v) is 12.4. The van der Waals surface area contributed by atoms with E-state index < -0.39 is 0 Å². The molecule has 6 heteroatoms. The van der Waals surface area contributed by atoms with Crippen LogP contribution < -0.4 is 10.6 Å². The van der Waals surface area contributed by atoms with E-state index in [1.165, 1.54) is 0 Å². The Labute approximate surface area is 119 Å². The maximum absolute atomic E-state index is 5.92. The number of nitrogen functional groups attached to an aromatic ring is 1. The molecule has 0 unspecified atom stereocenters. The number of nitrogens with two attached hydrogens (primary N) is 1. The number of imidazole rings is 1. The molecule has 6 nitrogen and oxygen atoms in total. The van der Waals surface area contributed by atoms with Crippen molar-refractivity contribution in [1.29, 1.82) is 0 Å². The van der Waals surface area contributed by atoms with Crippen LogP contribution in [0.15, 0.2) is 18.6 Å². The minimum Gasteiger partial charge on any atom is -0.383 e. The minimum atomic E-state index is 0.403. The summed E-state index contributed by atoms with van der Waals surface area (Å²) in [4.78, 5) is 11.2. The van der Waals surface area contributed by atoms with Gasteiger partial charge in [-0.1, -0.05) is 13.8 Å². The predicted octanol–water partition coefficient (Wildman–Crippen LogP) is 1.95. The van der Waals surface area contributed by atoms with Gasteiger partial charge in [-0.05, 0) is 12.8 Å². The van der Waals surface area contributed by atoms with Crippen LogP contribution in [-0.4, -0.2) is 40.7 Å². The van der Waals surface area contributed by atoms with E-state index in [9.17, 15) is 0 Å². The molecule has 0 amide bonds. The first-order chi connectivity index (χ1) is 9.71. The number of anilines is 2. The molecular weight excluding hydrogens is 254 g/mol. The molecule has 0 aliphatic rings. The Kier molecular flexibility index (Phi) is 4.79. The van der Waals surface area contributed by atoms with Crippen LogP contribution in [0.1, 0.15) is 26.7 Å². The highest BCUT2D eigenvalue weighted by Gasteiger charge is 2.20. The Bertz CT molecular complexity index is 549. The molecule has 0 bridgehead atoms. The Morgan fingerprint density at radius 1 is 1.40 bits per heavy atom. The van der Waals surface area contributed by atoms with Gasteiger partial charge in [0.2, 0.25) is 0 Å². The van der Waals surface area contributed by atoms with Gasteiger partial charge in [0.1, 0.15) is 5.82 Å². The van der Waals surface area contributed by atoms with Crippen molar-refractivity contribution >= 4 is 17.3 Å². The number of hydrogen-bond donors (Lipinski definition) is 1. The number of fused-ring (bicyclic) bond motifs is 1. The second kappa shape index (κ2) is 6.56. The molecule has 0 atom stereocenters. The zero-order chi connectivity index (χ0) is 14.5. The molecule has 0 spiro atoms. The largest absolute Gasteiger partial charge is 0.383 e. The lowest BCUT2D eigenvalue weighted by Gasteiger charge is -2.31. The second-order valence-corrected chi connectivity index (χ2v) is 4.80. The van der Waals surface area contributed by atoms with Crippen LogP contribution >= 0.6 is 0 Å². The molecule has 2 N–H and O–H groups in total. The average Bonchev–Trinajstić information content (AvgIpc) is 2.90. The highest BCUT2D eigenvalue weighted by molar-refractivity contribution is 5.66. The number of nitrogens with zero attached hydrogens (tertiary/aromatic N) is 4. The van der Waals surface area contributed by atoms with Gasteiger partial charge >= 0.3 is 0 Å². The number of methoxy groups -OCH3 is 1. The van der Waals surface area contributed by atoms with Gasteiger partial charge in [0.25, 0.3) is 0 Å². The lowest BCUT2D eigenvalue weighted by Crippen LogP contribution is -2.38. The van der Waals surface area contributed by atoms with Crippen molar-refractivity contribution in [3.8, 4) is 0 Å². The summed E-state index contributed by atoms with van der Waals surface area (Å²) in [7, 11) is 1.71. The monoisotopic (exact) mass is 277 g/mol. The van der Waals surface area contributed by atoms with E-state index in [0.29, 0.717) is 18.5 Å². The van der Waals surface area contributed by atoms with Gasteiger partial charge in [0.05, 0.1) is 12.8 Å². The van der Waals surface area contributed by atoms with Crippen molar-refractivity contribution in [2.75, 3.05) is 30.9 Å². The number of ether oxygens (including phenoxy) is 1. The van der Waals surface area contributed by atoms with Crippen LogP contribution in [0.25, 0.3) is 5.65 Å². The van der Waals surface area contributed by atoms with E-state index in [-0.39, 0.29) is 0 Å². The van der Waals surface area contributed by atoms with Crippen LogP contribution in [0.5, 0.6) is 0 Å². The molecule has 20 heavy (non-hydrogen) atoms. The van der Waals surface area contributed by atoms with E-state index in [2.05, 4.69) is 28.7 Å². The van der Waals surface area contributed by atoms with Crippen molar-refractivity contribution < 1.29 is 4.74 Å². The first kappa shape index (κ1) is 14.6. The molecule has 2 heterocycles. The molecule has 0 saturated heterocycles. The minimum absolute atomic E-state index is 0.403. The van der Waals surface area contributed by atoms with Crippen molar-refractivity contribution in [3.63, 3.8) is 0 Å². The Balaban J connectivity index is 2.46. The molecule has 2 aromatic heterocycles. The van der Waals surface area contributed by atoms with Crippen LogP contribution in [0.4, 0.5) is 11.6 Å². The lowest BCUT2D eigenvalue weighted by molar-refractivity contribution is 0.202. The smallest absolute Gasteiger partial charge is 0.180 e. The topological polar surface area (TPSA) is 68.7 Å². The predicted molar refractivity (Wildman–Crippen MR) is 81.0 cm³/mol. The van der Waals surface area contributed by atoms with E-state index >= 15 is 0 Å². The van der Waals surface area contributed by atoms with Gasteiger partial charge in [-0.2, -0.15) is 0 Å². The zero-order valence-electron chi connectivity index (χ0n) is 12.4. The Hall–Kier alpha value is -1.82. The molecular formula is C14H23N5O. The summed E-state index contributed by atoms with van der Waals surface area (Å²) in [5, 5.41) is 0.